The van der Waals surface area contributed by atoms with Crippen LogP contribution in [-0.2, 0) is 6.42 Å². The summed E-state index contributed by atoms with van der Waals surface area (Å²) in [6, 6.07) is 12.1. The van der Waals surface area contributed by atoms with Crippen LogP contribution >= 0.6 is 22.9 Å². The first kappa shape index (κ1) is 21.6. The Labute approximate surface area is 206 Å². The number of hydrogen-bond donors (Lipinski definition) is 2. The Morgan fingerprint density at radius 2 is 2.15 bits per heavy atom. The number of fused-ring (bicyclic) bond motifs is 2. The van der Waals surface area contributed by atoms with Crippen LogP contribution in [0.1, 0.15) is 29.3 Å². The molecule has 7 nitrogen and oxygen atoms in total. The van der Waals surface area contributed by atoms with Crippen molar-refractivity contribution in [1.29, 1.82) is 0 Å². The lowest BCUT2D eigenvalue weighted by atomic mass is 9.97. The van der Waals surface area contributed by atoms with Crippen molar-refractivity contribution in [2.45, 2.75) is 31.2 Å². The van der Waals surface area contributed by atoms with Crippen LogP contribution in [0.25, 0.3) is 21.5 Å². The second kappa shape index (κ2) is 9.02. The zero-order chi connectivity index (χ0) is 23.1. The number of halogens is 1. The van der Waals surface area contributed by atoms with Gasteiger partial charge < -0.3 is 20.5 Å². The molecule has 0 amide bonds. The highest BCUT2D eigenvalue weighted by atomic mass is 35.5. The van der Waals surface area contributed by atoms with Crippen molar-refractivity contribution in [2.75, 3.05) is 25.5 Å². The van der Waals surface area contributed by atoms with Gasteiger partial charge in [-0.3, -0.25) is 0 Å². The third-order valence-electron chi connectivity index (χ3n) is 6.33. The Morgan fingerprint density at radius 3 is 3.00 bits per heavy atom. The number of aromatic nitrogens is 3. The van der Waals surface area contributed by atoms with Crippen LogP contribution < -0.4 is 20.5 Å². The maximum atomic E-state index is 6.33. The second-order valence-electron chi connectivity index (χ2n) is 8.74. The molecular weight excluding hydrogens is 470 g/mol. The van der Waals surface area contributed by atoms with E-state index in [4.69, 9.17) is 31.8 Å². The van der Waals surface area contributed by atoms with Crippen LogP contribution in [-0.4, -0.2) is 40.8 Å². The van der Waals surface area contributed by atoms with Crippen LogP contribution in [0.2, 0.25) is 5.02 Å². The van der Waals surface area contributed by atoms with Crippen LogP contribution in [0.15, 0.2) is 42.6 Å². The lowest BCUT2D eigenvalue weighted by Gasteiger charge is -2.23. The third kappa shape index (κ3) is 4.29. The molecular formula is C25H24ClN5O2S. The predicted molar refractivity (Wildman–Crippen MR) is 135 cm³/mol. The molecule has 0 aliphatic carbocycles. The summed E-state index contributed by atoms with van der Waals surface area (Å²) in [5, 5.41) is 5.24. The molecule has 4 aromatic rings. The molecule has 0 saturated carbocycles. The van der Waals surface area contributed by atoms with E-state index in [0.29, 0.717) is 19.3 Å². The minimum atomic E-state index is 0.158. The van der Waals surface area contributed by atoms with Gasteiger partial charge >= 0.3 is 0 Å². The number of anilines is 1. The van der Waals surface area contributed by atoms with E-state index in [0.717, 1.165) is 68.0 Å². The second-order valence-corrected chi connectivity index (χ2v) is 10.2. The van der Waals surface area contributed by atoms with Gasteiger partial charge in [0.25, 0.3) is 0 Å². The molecule has 2 aliphatic heterocycles. The van der Waals surface area contributed by atoms with Crippen LogP contribution in [0.5, 0.6) is 11.5 Å². The Hall–Kier alpha value is -2.94. The van der Waals surface area contributed by atoms with E-state index in [9.17, 15) is 0 Å². The summed E-state index contributed by atoms with van der Waals surface area (Å²) in [5.41, 5.74) is 9.53. The van der Waals surface area contributed by atoms with Gasteiger partial charge in [-0.1, -0.05) is 11.6 Å². The number of nitrogens with two attached hydrogens (primary N) is 1. The minimum absolute atomic E-state index is 0.158. The maximum Gasteiger partial charge on any atom is 0.220 e. The number of nitrogen functional groups attached to an aromatic ring is 1. The van der Waals surface area contributed by atoms with E-state index in [1.54, 1.807) is 17.5 Å². The molecule has 2 unspecified atom stereocenters. The summed E-state index contributed by atoms with van der Waals surface area (Å²) in [7, 11) is 0. The van der Waals surface area contributed by atoms with E-state index >= 15 is 0 Å². The Bertz CT molecular complexity index is 1350. The van der Waals surface area contributed by atoms with Gasteiger partial charge in [-0.15, -0.1) is 11.3 Å². The van der Waals surface area contributed by atoms with Crippen molar-refractivity contribution in [1.82, 2.24) is 20.3 Å². The molecule has 1 fully saturated rings. The standard InChI is InChI=1S/C25H24ClN5O2S/c26-17-3-4-20-15(9-17)8-16(12-32-20)24-31-23-21(33-13-18-2-1-6-28-18)10-14(11-22(23)34-24)19-5-7-29-25(27)30-19/h3-5,7,9-11,16,18,28H,1-2,6,8,12-13H2,(H2,27,29,30). The topological polar surface area (TPSA) is 95.2 Å². The molecule has 2 aromatic heterocycles. The molecule has 174 valence electrons. The lowest BCUT2D eigenvalue weighted by Crippen LogP contribution is -2.28. The number of nitrogens with zero attached hydrogens (tertiary/aromatic N) is 3. The highest BCUT2D eigenvalue weighted by Gasteiger charge is 2.26. The highest BCUT2D eigenvalue weighted by molar-refractivity contribution is 7.18. The number of ether oxygens (including phenoxy) is 2. The first-order chi connectivity index (χ1) is 16.6. The smallest absolute Gasteiger partial charge is 0.220 e. The van der Waals surface area contributed by atoms with Crippen molar-refractivity contribution in [3.63, 3.8) is 0 Å². The first-order valence-corrected chi connectivity index (χ1v) is 12.6. The predicted octanol–water partition coefficient (Wildman–Crippen LogP) is 4.84. The zero-order valence-electron chi connectivity index (χ0n) is 18.5. The fourth-order valence-electron chi connectivity index (χ4n) is 4.59. The van der Waals surface area contributed by atoms with Gasteiger partial charge in [-0.25, -0.2) is 15.0 Å². The van der Waals surface area contributed by atoms with E-state index in [2.05, 4.69) is 21.4 Å². The van der Waals surface area contributed by atoms with E-state index in [1.807, 2.05) is 30.3 Å². The number of rotatable bonds is 5. The van der Waals surface area contributed by atoms with Crippen molar-refractivity contribution in [3.05, 3.63) is 58.2 Å². The summed E-state index contributed by atoms with van der Waals surface area (Å²) in [6.07, 6.45) is 4.81. The fraction of sp³-hybridized carbons (Fsp3) is 0.320. The molecule has 3 N–H and O–H groups in total. The molecule has 2 atom stereocenters. The van der Waals surface area contributed by atoms with Crippen molar-refractivity contribution >= 4 is 39.1 Å². The van der Waals surface area contributed by atoms with Gasteiger partial charge in [-0.2, -0.15) is 0 Å². The van der Waals surface area contributed by atoms with Gasteiger partial charge in [0.15, 0.2) is 0 Å². The van der Waals surface area contributed by atoms with Crippen molar-refractivity contribution in [2.24, 2.45) is 0 Å². The van der Waals surface area contributed by atoms with Crippen molar-refractivity contribution in [3.8, 4) is 22.8 Å². The summed E-state index contributed by atoms with van der Waals surface area (Å²) in [5.74, 6) is 2.07. The Morgan fingerprint density at radius 1 is 1.21 bits per heavy atom. The molecule has 34 heavy (non-hydrogen) atoms. The maximum absolute atomic E-state index is 6.33. The molecule has 2 aliphatic rings. The molecule has 6 rings (SSSR count). The summed E-state index contributed by atoms with van der Waals surface area (Å²) in [6.45, 7) is 2.24. The molecule has 4 heterocycles. The van der Waals surface area contributed by atoms with Gasteiger partial charge in [0.1, 0.15) is 28.6 Å². The lowest BCUT2D eigenvalue weighted by molar-refractivity contribution is 0.262. The molecule has 0 radical (unpaired) electrons. The average Bonchev–Trinajstić information content (AvgIpc) is 3.52. The van der Waals surface area contributed by atoms with E-state index in [-0.39, 0.29) is 11.9 Å². The summed E-state index contributed by atoms with van der Waals surface area (Å²) >= 11 is 7.89. The van der Waals surface area contributed by atoms with E-state index < -0.39 is 0 Å². The quantitative estimate of drug-likeness (QED) is 0.410. The highest BCUT2D eigenvalue weighted by Crippen LogP contribution is 2.40. The molecule has 9 heteroatoms. The van der Waals surface area contributed by atoms with Crippen LogP contribution in [0, 0.1) is 0 Å². The van der Waals surface area contributed by atoms with E-state index in [1.165, 1.54) is 6.42 Å². The number of hydrogen-bond acceptors (Lipinski definition) is 8. The van der Waals surface area contributed by atoms with Crippen LogP contribution in [0.4, 0.5) is 5.95 Å². The zero-order valence-corrected chi connectivity index (χ0v) is 20.0. The number of benzene rings is 2. The number of nitrogens with one attached hydrogen (secondary N) is 1. The monoisotopic (exact) mass is 493 g/mol. The van der Waals surface area contributed by atoms with Crippen molar-refractivity contribution < 1.29 is 9.47 Å². The number of thiazole rings is 1. The SMILES string of the molecule is Nc1nccc(-c2cc(OCC3CCCN3)c3nc(C4COc5ccc(Cl)cc5C4)sc3c2)n1. The Kier molecular flexibility index (Phi) is 5.72. The molecule has 2 aromatic carbocycles. The third-order valence-corrected chi connectivity index (χ3v) is 7.73. The van der Waals surface area contributed by atoms with Gasteiger partial charge in [0.05, 0.1) is 17.0 Å². The summed E-state index contributed by atoms with van der Waals surface area (Å²) in [4.78, 5) is 13.5. The minimum Gasteiger partial charge on any atom is -0.493 e. The Balaban J connectivity index is 1.37. The van der Waals surface area contributed by atoms with Gasteiger partial charge in [0, 0.05) is 28.7 Å². The fourth-order valence-corrected chi connectivity index (χ4v) is 5.90. The normalized spacial score (nSPS) is 19.7. The first-order valence-electron chi connectivity index (χ1n) is 11.4. The molecule has 1 saturated heterocycles. The average molecular weight is 494 g/mol. The summed E-state index contributed by atoms with van der Waals surface area (Å²) < 4.78 is 13.4. The van der Waals surface area contributed by atoms with Gasteiger partial charge in [0.2, 0.25) is 5.95 Å². The molecule has 0 bridgehead atoms. The largest absolute Gasteiger partial charge is 0.493 e. The van der Waals surface area contributed by atoms with Gasteiger partial charge in [-0.05, 0) is 67.8 Å². The molecule has 0 spiro atoms. The van der Waals surface area contributed by atoms with Crippen LogP contribution in [0.3, 0.4) is 0 Å².